The number of alkyl halides is 1. The highest BCUT2D eigenvalue weighted by Gasteiger charge is 2.20. The van der Waals surface area contributed by atoms with Gasteiger partial charge in [0.15, 0.2) is 0 Å². The second-order valence-corrected chi connectivity index (χ2v) is 2.46. The van der Waals surface area contributed by atoms with Gasteiger partial charge in [-0.1, -0.05) is 0 Å². The zero-order valence-corrected chi connectivity index (χ0v) is 5.36. The second-order valence-electron chi connectivity index (χ2n) is 2.15. The van der Waals surface area contributed by atoms with Gasteiger partial charge in [0.2, 0.25) is 0 Å². The number of nitrogens with one attached hydrogen (secondary N) is 1. The number of aliphatic hydroxyl groups excluding tert-OH is 1. The van der Waals surface area contributed by atoms with Crippen molar-refractivity contribution >= 4 is 11.6 Å². The van der Waals surface area contributed by atoms with Crippen molar-refractivity contribution in [3.8, 4) is 0 Å². The normalized spacial score (nSPS) is 38.2. The molecule has 8 heavy (non-hydrogen) atoms. The van der Waals surface area contributed by atoms with Crippen LogP contribution in [0.1, 0.15) is 6.42 Å². The highest BCUT2D eigenvalue weighted by atomic mass is 35.5. The van der Waals surface area contributed by atoms with Crippen LogP contribution in [0.25, 0.3) is 0 Å². The van der Waals surface area contributed by atoms with Crippen molar-refractivity contribution in [2.24, 2.45) is 0 Å². The molecule has 0 saturated carbocycles. The minimum Gasteiger partial charge on any atom is -0.392 e. The first kappa shape index (κ1) is 6.33. The first-order valence-electron chi connectivity index (χ1n) is 2.80. The third-order valence-corrected chi connectivity index (χ3v) is 1.76. The molecule has 1 rings (SSSR count). The lowest BCUT2D eigenvalue weighted by Crippen LogP contribution is -2.22. The Morgan fingerprint density at radius 3 is 2.75 bits per heavy atom. The first-order chi connectivity index (χ1) is 3.83. The zero-order chi connectivity index (χ0) is 5.98. The standard InChI is InChI=1S/C5H10ClNO/c6-2-4-1-5(8)3-7-4/h4-5,7-8H,1-3H2. The predicted molar refractivity (Wildman–Crippen MR) is 33.1 cm³/mol. The number of rotatable bonds is 1. The van der Waals surface area contributed by atoms with Crippen LogP contribution in [0, 0.1) is 0 Å². The molecule has 48 valence electrons. The molecule has 2 nitrogen and oxygen atoms in total. The van der Waals surface area contributed by atoms with E-state index in [4.69, 9.17) is 16.7 Å². The lowest BCUT2D eigenvalue weighted by atomic mass is 10.2. The van der Waals surface area contributed by atoms with E-state index in [2.05, 4.69) is 5.32 Å². The first-order valence-corrected chi connectivity index (χ1v) is 3.34. The number of hydrogen-bond donors (Lipinski definition) is 2. The van der Waals surface area contributed by atoms with Crippen molar-refractivity contribution in [1.29, 1.82) is 0 Å². The summed E-state index contributed by atoms with van der Waals surface area (Å²) in [7, 11) is 0. The van der Waals surface area contributed by atoms with Crippen LogP contribution in [0.4, 0.5) is 0 Å². The van der Waals surface area contributed by atoms with Gasteiger partial charge in [0.05, 0.1) is 6.10 Å². The molecule has 1 aliphatic rings. The van der Waals surface area contributed by atoms with Gasteiger partial charge in [-0.05, 0) is 6.42 Å². The van der Waals surface area contributed by atoms with E-state index in [0.717, 1.165) is 6.42 Å². The van der Waals surface area contributed by atoms with E-state index in [-0.39, 0.29) is 6.10 Å². The quantitative estimate of drug-likeness (QED) is 0.494. The molecular weight excluding hydrogens is 126 g/mol. The summed E-state index contributed by atoms with van der Waals surface area (Å²) in [5.41, 5.74) is 0. The summed E-state index contributed by atoms with van der Waals surface area (Å²) in [6.07, 6.45) is 0.641. The molecule has 2 unspecified atom stereocenters. The van der Waals surface area contributed by atoms with Crippen LogP contribution in [0.5, 0.6) is 0 Å². The average Bonchev–Trinajstić information content (AvgIpc) is 2.14. The van der Waals surface area contributed by atoms with E-state index in [1.807, 2.05) is 0 Å². The van der Waals surface area contributed by atoms with Crippen LogP contribution in [0.3, 0.4) is 0 Å². The Labute approximate surface area is 53.8 Å². The molecule has 0 amide bonds. The van der Waals surface area contributed by atoms with Crippen LogP contribution in [0.15, 0.2) is 0 Å². The van der Waals surface area contributed by atoms with Gasteiger partial charge >= 0.3 is 0 Å². The molecule has 0 aromatic heterocycles. The van der Waals surface area contributed by atoms with Gasteiger partial charge < -0.3 is 10.4 Å². The number of halogens is 1. The summed E-state index contributed by atoms with van der Waals surface area (Å²) in [5.74, 6) is 0.608. The Morgan fingerprint density at radius 1 is 1.75 bits per heavy atom. The van der Waals surface area contributed by atoms with Crippen molar-refractivity contribution in [3.63, 3.8) is 0 Å². The fraction of sp³-hybridized carbons (Fsp3) is 1.00. The predicted octanol–water partition coefficient (Wildman–Crippen LogP) is -0.0520. The van der Waals surface area contributed by atoms with Crippen molar-refractivity contribution < 1.29 is 5.11 Å². The maximum absolute atomic E-state index is 8.91. The van der Waals surface area contributed by atoms with Crippen molar-refractivity contribution in [1.82, 2.24) is 5.32 Å². The minimum atomic E-state index is -0.168. The Bertz CT molecular complexity index is 78.8. The molecule has 0 aliphatic carbocycles. The van der Waals surface area contributed by atoms with E-state index in [1.54, 1.807) is 0 Å². The molecule has 0 spiro atoms. The third kappa shape index (κ3) is 1.34. The maximum Gasteiger partial charge on any atom is 0.0679 e. The smallest absolute Gasteiger partial charge is 0.0679 e. The Balaban J connectivity index is 2.22. The second kappa shape index (κ2) is 2.67. The molecule has 0 aromatic carbocycles. The van der Waals surface area contributed by atoms with E-state index < -0.39 is 0 Å². The van der Waals surface area contributed by atoms with Crippen LogP contribution in [-0.2, 0) is 0 Å². The van der Waals surface area contributed by atoms with Crippen LogP contribution >= 0.6 is 11.6 Å². The molecule has 1 fully saturated rings. The van der Waals surface area contributed by atoms with Crippen molar-refractivity contribution in [2.75, 3.05) is 12.4 Å². The maximum atomic E-state index is 8.91. The third-order valence-electron chi connectivity index (χ3n) is 1.39. The molecule has 3 heteroatoms. The van der Waals surface area contributed by atoms with Gasteiger partial charge in [0, 0.05) is 18.5 Å². The summed E-state index contributed by atoms with van der Waals surface area (Å²) in [4.78, 5) is 0. The summed E-state index contributed by atoms with van der Waals surface area (Å²) in [6.45, 7) is 0.706. The summed E-state index contributed by atoms with van der Waals surface area (Å²) >= 11 is 5.50. The minimum absolute atomic E-state index is 0.168. The highest BCUT2D eigenvalue weighted by molar-refractivity contribution is 6.18. The molecule has 2 atom stereocenters. The van der Waals surface area contributed by atoms with Crippen molar-refractivity contribution in [2.45, 2.75) is 18.6 Å². The average molecular weight is 136 g/mol. The van der Waals surface area contributed by atoms with Crippen LogP contribution < -0.4 is 5.32 Å². The number of β-amino-alcohol motifs (C(OH)–C–C–N with tert-alkyl or cyclic N) is 1. The fourth-order valence-electron chi connectivity index (χ4n) is 0.915. The van der Waals surface area contributed by atoms with Crippen LogP contribution in [0.2, 0.25) is 0 Å². The molecule has 1 aliphatic heterocycles. The largest absolute Gasteiger partial charge is 0.392 e. The summed E-state index contributed by atoms with van der Waals surface area (Å²) < 4.78 is 0. The molecule has 1 heterocycles. The number of aliphatic hydroxyl groups is 1. The van der Waals surface area contributed by atoms with Crippen LogP contribution in [-0.4, -0.2) is 29.7 Å². The topological polar surface area (TPSA) is 32.3 Å². The molecule has 0 radical (unpaired) electrons. The van der Waals surface area contributed by atoms with Crippen molar-refractivity contribution in [3.05, 3.63) is 0 Å². The monoisotopic (exact) mass is 135 g/mol. The van der Waals surface area contributed by atoms with Gasteiger partial charge in [-0.25, -0.2) is 0 Å². The Morgan fingerprint density at radius 2 is 2.50 bits per heavy atom. The van der Waals surface area contributed by atoms with E-state index in [0.29, 0.717) is 18.5 Å². The van der Waals surface area contributed by atoms with Gasteiger partial charge in [0.25, 0.3) is 0 Å². The van der Waals surface area contributed by atoms with Gasteiger partial charge in [-0.2, -0.15) is 0 Å². The zero-order valence-electron chi connectivity index (χ0n) is 4.60. The number of hydrogen-bond acceptors (Lipinski definition) is 2. The molecule has 1 saturated heterocycles. The summed E-state index contributed by atoms with van der Waals surface area (Å²) in [5, 5.41) is 12.0. The SMILES string of the molecule is OC1CNC(CCl)C1. The van der Waals surface area contributed by atoms with Gasteiger partial charge in [0.1, 0.15) is 0 Å². The van der Waals surface area contributed by atoms with Gasteiger partial charge in [-0.15, -0.1) is 11.6 Å². The van der Waals surface area contributed by atoms with Gasteiger partial charge in [-0.3, -0.25) is 0 Å². The molecule has 0 bridgehead atoms. The lowest BCUT2D eigenvalue weighted by Gasteiger charge is -2.00. The highest BCUT2D eigenvalue weighted by Crippen LogP contribution is 2.06. The summed E-state index contributed by atoms with van der Waals surface area (Å²) in [6, 6.07) is 0.340. The van der Waals surface area contributed by atoms with E-state index >= 15 is 0 Å². The van der Waals surface area contributed by atoms with E-state index in [1.165, 1.54) is 0 Å². The molecule has 0 aromatic rings. The Hall–Kier alpha value is 0.210. The lowest BCUT2D eigenvalue weighted by molar-refractivity contribution is 0.194. The fourth-order valence-corrected chi connectivity index (χ4v) is 1.15. The van der Waals surface area contributed by atoms with E-state index in [9.17, 15) is 0 Å². The Kier molecular flexibility index (Phi) is 2.11. The molecule has 2 N–H and O–H groups in total. The molecular formula is C5H10ClNO.